The summed E-state index contributed by atoms with van der Waals surface area (Å²) in [5.41, 5.74) is 3.40. The van der Waals surface area contributed by atoms with Crippen molar-refractivity contribution in [2.45, 2.75) is 45.8 Å². The van der Waals surface area contributed by atoms with E-state index in [9.17, 15) is 10.1 Å². The molecule has 2 amide bonds. The fourth-order valence-electron chi connectivity index (χ4n) is 3.53. The SMILES string of the molecule is Cc1ccccc1C1CCCN1C(=O)Nc1cc(C#N)ccc1OC(C)C. The Hall–Kier alpha value is -3.00. The molecule has 0 radical (unpaired) electrons. The number of benzene rings is 2. The van der Waals surface area contributed by atoms with E-state index < -0.39 is 0 Å². The van der Waals surface area contributed by atoms with E-state index in [1.165, 1.54) is 11.1 Å². The van der Waals surface area contributed by atoms with Crippen molar-refractivity contribution in [1.29, 1.82) is 5.26 Å². The standard InChI is InChI=1S/C22H25N3O2/c1-15(2)27-21-11-10-17(14-23)13-19(21)24-22(26)25-12-6-9-20(25)18-8-5-4-7-16(18)3/h4-5,7-8,10-11,13,15,20H,6,9,12H2,1-3H3,(H,24,26). The van der Waals surface area contributed by atoms with Crippen molar-refractivity contribution in [2.75, 3.05) is 11.9 Å². The molecule has 2 aromatic carbocycles. The molecule has 1 aliphatic heterocycles. The minimum Gasteiger partial charge on any atom is -0.489 e. The van der Waals surface area contributed by atoms with Gasteiger partial charge in [0.25, 0.3) is 0 Å². The number of carbonyl (C=O) groups excluding carboxylic acids is 1. The summed E-state index contributed by atoms with van der Waals surface area (Å²) in [5.74, 6) is 0.573. The maximum Gasteiger partial charge on any atom is 0.322 e. The zero-order valence-corrected chi connectivity index (χ0v) is 16.0. The van der Waals surface area contributed by atoms with Crippen molar-refractivity contribution < 1.29 is 9.53 Å². The van der Waals surface area contributed by atoms with Crippen molar-refractivity contribution in [3.63, 3.8) is 0 Å². The predicted octanol–water partition coefficient (Wildman–Crippen LogP) is 5.02. The van der Waals surface area contributed by atoms with Crippen molar-refractivity contribution in [3.05, 3.63) is 59.2 Å². The zero-order valence-electron chi connectivity index (χ0n) is 16.0. The Bertz CT molecular complexity index is 870. The number of ether oxygens (including phenoxy) is 1. The van der Waals surface area contributed by atoms with Crippen LogP contribution in [0, 0.1) is 18.3 Å². The van der Waals surface area contributed by atoms with Crippen molar-refractivity contribution in [1.82, 2.24) is 4.90 Å². The van der Waals surface area contributed by atoms with Crippen LogP contribution in [0.1, 0.15) is 49.4 Å². The van der Waals surface area contributed by atoms with Crippen molar-refractivity contribution in [3.8, 4) is 11.8 Å². The number of anilines is 1. The van der Waals surface area contributed by atoms with Gasteiger partial charge in [0.15, 0.2) is 0 Å². The number of nitriles is 1. The number of amides is 2. The number of hydrogen-bond acceptors (Lipinski definition) is 3. The molecule has 0 aliphatic carbocycles. The van der Waals surface area contributed by atoms with E-state index >= 15 is 0 Å². The van der Waals surface area contributed by atoms with Crippen LogP contribution in [0.15, 0.2) is 42.5 Å². The Morgan fingerprint density at radius 1 is 1.30 bits per heavy atom. The number of carbonyl (C=O) groups is 1. The van der Waals surface area contributed by atoms with Gasteiger partial charge in [-0.15, -0.1) is 0 Å². The monoisotopic (exact) mass is 363 g/mol. The summed E-state index contributed by atoms with van der Waals surface area (Å²) in [6.07, 6.45) is 1.89. The molecular weight excluding hydrogens is 338 g/mol. The summed E-state index contributed by atoms with van der Waals surface area (Å²) in [7, 11) is 0. The van der Waals surface area contributed by atoms with Crippen LogP contribution in [-0.2, 0) is 0 Å². The largest absolute Gasteiger partial charge is 0.489 e. The molecule has 1 heterocycles. The average Bonchev–Trinajstić information content (AvgIpc) is 3.12. The van der Waals surface area contributed by atoms with Gasteiger partial charge in [0, 0.05) is 6.54 Å². The molecule has 1 atom stereocenters. The summed E-state index contributed by atoms with van der Waals surface area (Å²) in [4.78, 5) is 14.9. The van der Waals surface area contributed by atoms with Gasteiger partial charge in [0.05, 0.1) is 29.5 Å². The van der Waals surface area contributed by atoms with Crippen LogP contribution in [0.5, 0.6) is 5.75 Å². The van der Waals surface area contributed by atoms with E-state index in [-0.39, 0.29) is 18.2 Å². The number of aryl methyl sites for hydroxylation is 1. The molecule has 1 unspecified atom stereocenters. The lowest BCUT2D eigenvalue weighted by molar-refractivity contribution is 0.206. The number of nitrogens with one attached hydrogen (secondary N) is 1. The van der Waals surface area contributed by atoms with Crippen LogP contribution in [-0.4, -0.2) is 23.6 Å². The first-order valence-electron chi connectivity index (χ1n) is 9.33. The molecule has 0 aromatic heterocycles. The summed E-state index contributed by atoms with van der Waals surface area (Å²) >= 11 is 0. The van der Waals surface area contributed by atoms with Crippen LogP contribution in [0.25, 0.3) is 0 Å². The second kappa shape index (κ2) is 8.13. The van der Waals surface area contributed by atoms with Gasteiger partial charge in [-0.2, -0.15) is 5.26 Å². The van der Waals surface area contributed by atoms with Gasteiger partial charge in [-0.3, -0.25) is 0 Å². The topological polar surface area (TPSA) is 65.4 Å². The third kappa shape index (κ3) is 4.22. The molecule has 1 saturated heterocycles. The second-order valence-corrected chi connectivity index (χ2v) is 7.13. The van der Waals surface area contributed by atoms with Crippen LogP contribution in [0.4, 0.5) is 10.5 Å². The highest BCUT2D eigenvalue weighted by molar-refractivity contribution is 5.91. The lowest BCUT2D eigenvalue weighted by atomic mass is 9.99. The normalized spacial score (nSPS) is 16.3. The molecule has 3 rings (SSSR count). The number of rotatable bonds is 4. The molecule has 0 bridgehead atoms. The molecule has 2 aromatic rings. The van der Waals surface area contributed by atoms with Gasteiger partial charge < -0.3 is 15.0 Å². The van der Waals surface area contributed by atoms with Gasteiger partial charge in [0.2, 0.25) is 0 Å². The molecule has 0 spiro atoms. The minimum absolute atomic E-state index is 0.0277. The van der Waals surface area contributed by atoms with Gasteiger partial charge in [0.1, 0.15) is 5.75 Å². The molecule has 27 heavy (non-hydrogen) atoms. The molecule has 1 aliphatic rings. The molecule has 0 saturated carbocycles. The van der Waals surface area contributed by atoms with Crippen LogP contribution < -0.4 is 10.1 Å². The first kappa shape index (κ1) is 18.8. The van der Waals surface area contributed by atoms with E-state index in [4.69, 9.17) is 4.74 Å². The lowest BCUT2D eigenvalue weighted by Gasteiger charge is -2.27. The Labute approximate surface area is 160 Å². The summed E-state index contributed by atoms with van der Waals surface area (Å²) in [5, 5.41) is 12.2. The highest BCUT2D eigenvalue weighted by Gasteiger charge is 2.31. The fraction of sp³-hybridized carbons (Fsp3) is 0.364. The molecule has 1 fully saturated rings. The van der Waals surface area contributed by atoms with Crippen LogP contribution in [0.2, 0.25) is 0 Å². The predicted molar refractivity (Wildman–Crippen MR) is 106 cm³/mol. The fourth-order valence-corrected chi connectivity index (χ4v) is 3.53. The van der Waals surface area contributed by atoms with Gasteiger partial charge in [-0.05, 0) is 62.9 Å². The van der Waals surface area contributed by atoms with Crippen LogP contribution in [0.3, 0.4) is 0 Å². The highest BCUT2D eigenvalue weighted by atomic mass is 16.5. The molecule has 140 valence electrons. The summed E-state index contributed by atoms with van der Waals surface area (Å²) < 4.78 is 5.80. The first-order valence-corrected chi connectivity index (χ1v) is 9.33. The summed E-state index contributed by atoms with van der Waals surface area (Å²) in [6.45, 7) is 6.65. The Morgan fingerprint density at radius 2 is 2.07 bits per heavy atom. The van der Waals surface area contributed by atoms with Crippen molar-refractivity contribution >= 4 is 11.7 Å². The number of nitrogens with zero attached hydrogens (tertiary/aromatic N) is 2. The van der Waals surface area contributed by atoms with Gasteiger partial charge in [-0.25, -0.2) is 4.79 Å². The van der Waals surface area contributed by atoms with Gasteiger partial charge >= 0.3 is 6.03 Å². The highest BCUT2D eigenvalue weighted by Crippen LogP contribution is 2.35. The number of hydrogen-bond donors (Lipinski definition) is 1. The van der Waals surface area contributed by atoms with Crippen molar-refractivity contribution in [2.24, 2.45) is 0 Å². The number of urea groups is 1. The minimum atomic E-state index is -0.163. The Kier molecular flexibility index (Phi) is 5.66. The number of likely N-dealkylation sites (tertiary alicyclic amines) is 1. The van der Waals surface area contributed by atoms with Gasteiger partial charge in [-0.1, -0.05) is 24.3 Å². The van der Waals surface area contributed by atoms with E-state index in [0.29, 0.717) is 23.5 Å². The van der Waals surface area contributed by atoms with Crippen LogP contribution >= 0.6 is 0 Å². The summed E-state index contributed by atoms with van der Waals surface area (Å²) in [6, 6.07) is 15.3. The molecule has 5 nitrogen and oxygen atoms in total. The van der Waals surface area contributed by atoms with E-state index in [1.807, 2.05) is 30.9 Å². The third-order valence-corrected chi connectivity index (χ3v) is 4.77. The second-order valence-electron chi connectivity index (χ2n) is 7.13. The Balaban J connectivity index is 1.84. The first-order chi connectivity index (χ1) is 13.0. The smallest absolute Gasteiger partial charge is 0.322 e. The van der Waals surface area contributed by atoms with E-state index in [2.05, 4.69) is 30.4 Å². The average molecular weight is 363 g/mol. The molecule has 1 N–H and O–H groups in total. The van der Waals surface area contributed by atoms with E-state index in [0.717, 1.165) is 12.8 Å². The maximum absolute atomic E-state index is 13.0. The van der Waals surface area contributed by atoms with E-state index in [1.54, 1.807) is 18.2 Å². The zero-order chi connectivity index (χ0) is 19.4. The molecular formula is C22H25N3O2. The maximum atomic E-state index is 13.0. The molecule has 5 heteroatoms. The quantitative estimate of drug-likeness (QED) is 0.829. The Morgan fingerprint density at radius 3 is 2.78 bits per heavy atom. The lowest BCUT2D eigenvalue weighted by Crippen LogP contribution is -2.34. The third-order valence-electron chi connectivity index (χ3n) is 4.77.